The highest BCUT2D eigenvalue weighted by Crippen LogP contribution is 2.24. The number of aromatic nitrogens is 3. The second-order valence-electron chi connectivity index (χ2n) is 5.35. The van der Waals surface area contributed by atoms with Crippen LogP contribution in [0, 0.1) is 0 Å². The van der Waals surface area contributed by atoms with Crippen molar-refractivity contribution in [3.05, 3.63) is 72.2 Å². The maximum absolute atomic E-state index is 12.3. The van der Waals surface area contributed by atoms with E-state index in [2.05, 4.69) is 15.4 Å². The Bertz CT molecular complexity index is 974. The first kappa shape index (κ1) is 15.3. The lowest BCUT2D eigenvalue weighted by Crippen LogP contribution is -2.14. The second kappa shape index (κ2) is 6.74. The Balaban J connectivity index is 1.43. The lowest BCUT2D eigenvalue weighted by Gasteiger charge is -2.07. The molecule has 0 fully saturated rings. The molecular weight excluding hydrogens is 336 g/mol. The van der Waals surface area contributed by atoms with E-state index in [-0.39, 0.29) is 12.3 Å². The quantitative estimate of drug-likeness (QED) is 0.595. The van der Waals surface area contributed by atoms with Crippen molar-refractivity contribution in [2.75, 3.05) is 5.32 Å². The second-order valence-corrected chi connectivity index (χ2v) is 6.21. The zero-order chi connectivity index (χ0) is 17.1. The van der Waals surface area contributed by atoms with E-state index in [1.54, 1.807) is 17.1 Å². The van der Waals surface area contributed by atoms with Crippen molar-refractivity contribution in [1.82, 2.24) is 14.8 Å². The summed E-state index contributed by atoms with van der Waals surface area (Å²) in [4.78, 5) is 16.7. The third-order valence-electron chi connectivity index (χ3n) is 3.52. The first-order valence-electron chi connectivity index (χ1n) is 7.66. The molecule has 0 aliphatic rings. The molecule has 0 unspecified atom stereocenters. The van der Waals surface area contributed by atoms with Crippen molar-refractivity contribution in [2.45, 2.75) is 6.42 Å². The summed E-state index contributed by atoms with van der Waals surface area (Å²) in [7, 11) is 0. The molecular formula is C18H14N4O2S. The van der Waals surface area contributed by atoms with Gasteiger partial charge in [-0.2, -0.15) is 5.10 Å². The molecule has 4 aromatic rings. The summed E-state index contributed by atoms with van der Waals surface area (Å²) in [6.07, 6.45) is 5.38. The van der Waals surface area contributed by atoms with Gasteiger partial charge >= 0.3 is 0 Å². The van der Waals surface area contributed by atoms with E-state index >= 15 is 0 Å². The minimum Gasteiger partial charge on any atom is -0.462 e. The van der Waals surface area contributed by atoms with Crippen molar-refractivity contribution < 1.29 is 9.21 Å². The van der Waals surface area contributed by atoms with Gasteiger partial charge in [-0.1, -0.05) is 6.07 Å². The van der Waals surface area contributed by atoms with Crippen molar-refractivity contribution in [1.29, 1.82) is 0 Å². The lowest BCUT2D eigenvalue weighted by atomic mass is 10.2. The van der Waals surface area contributed by atoms with Crippen molar-refractivity contribution in [3.63, 3.8) is 0 Å². The molecule has 6 nitrogen and oxygen atoms in total. The lowest BCUT2D eigenvalue weighted by molar-refractivity contribution is -0.115. The maximum Gasteiger partial charge on any atom is 0.230 e. The number of anilines is 1. The predicted molar refractivity (Wildman–Crippen MR) is 95.7 cm³/mol. The molecule has 1 N–H and O–H groups in total. The number of benzene rings is 1. The molecule has 1 aromatic carbocycles. The van der Waals surface area contributed by atoms with Crippen LogP contribution in [0.2, 0.25) is 0 Å². The summed E-state index contributed by atoms with van der Waals surface area (Å²) >= 11 is 1.46. The largest absolute Gasteiger partial charge is 0.462 e. The summed E-state index contributed by atoms with van der Waals surface area (Å²) in [5.41, 5.74) is 2.33. The molecule has 0 radical (unpaired) electrons. The zero-order valence-electron chi connectivity index (χ0n) is 13.1. The SMILES string of the molecule is O=C(Cc1csc(-c2ccco2)n1)Nc1cccc(-n2cccn2)c1. The van der Waals surface area contributed by atoms with Crippen LogP contribution < -0.4 is 5.32 Å². The first-order valence-corrected chi connectivity index (χ1v) is 8.54. The molecule has 0 bridgehead atoms. The molecule has 1 amide bonds. The predicted octanol–water partition coefficient (Wildman–Crippen LogP) is 3.77. The van der Waals surface area contributed by atoms with E-state index in [1.165, 1.54) is 11.3 Å². The first-order chi connectivity index (χ1) is 12.3. The van der Waals surface area contributed by atoms with Crippen molar-refractivity contribution >= 4 is 22.9 Å². The summed E-state index contributed by atoms with van der Waals surface area (Å²) in [5, 5.41) is 9.73. The number of amides is 1. The van der Waals surface area contributed by atoms with Gasteiger partial charge in [0.25, 0.3) is 0 Å². The van der Waals surface area contributed by atoms with Gasteiger partial charge in [-0.3, -0.25) is 4.79 Å². The zero-order valence-corrected chi connectivity index (χ0v) is 13.9. The fourth-order valence-corrected chi connectivity index (χ4v) is 3.20. The topological polar surface area (TPSA) is 73.0 Å². The average Bonchev–Trinajstić information content (AvgIpc) is 3.37. The third-order valence-corrected chi connectivity index (χ3v) is 4.43. The van der Waals surface area contributed by atoms with Crippen LogP contribution >= 0.6 is 11.3 Å². The van der Waals surface area contributed by atoms with E-state index in [4.69, 9.17) is 4.42 Å². The molecule has 0 saturated heterocycles. The summed E-state index contributed by atoms with van der Waals surface area (Å²) in [6, 6.07) is 13.0. The van der Waals surface area contributed by atoms with E-state index in [0.717, 1.165) is 22.1 Å². The highest BCUT2D eigenvalue weighted by atomic mass is 32.1. The van der Waals surface area contributed by atoms with Gasteiger partial charge in [0.2, 0.25) is 5.91 Å². The van der Waals surface area contributed by atoms with Gasteiger partial charge in [0, 0.05) is 23.5 Å². The fraction of sp³-hybridized carbons (Fsp3) is 0.0556. The number of nitrogens with one attached hydrogen (secondary N) is 1. The Morgan fingerprint density at radius 3 is 3.00 bits per heavy atom. The van der Waals surface area contributed by atoms with Crippen molar-refractivity contribution in [2.24, 2.45) is 0 Å². The van der Waals surface area contributed by atoms with Gasteiger partial charge in [-0.15, -0.1) is 11.3 Å². The molecule has 0 spiro atoms. The molecule has 7 heteroatoms. The molecule has 124 valence electrons. The summed E-state index contributed by atoms with van der Waals surface area (Å²) in [5.74, 6) is 0.595. The van der Waals surface area contributed by atoms with Crippen LogP contribution in [0.5, 0.6) is 0 Å². The molecule has 3 aromatic heterocycles. The van der Waals surface area contributed by atoms with E-state index in [9.17, 15) is 4.79 Å². The summed E-state index contributed by atoms with van der Waals surface area (Å²) in [6.45, 7) is 0. The third kappa shape index (κ3) is 3.51. The highest BCUT2D eigenvalue weighted by Gasteiger charge is 2.11. The number of nitrogens with zero attached hydrogens (tertiary/aromatic N) is 3. The monoisotopic (exact) mass is 350 g/mol. The van der Waals surface area contributed by atoms with Crippen LogP contribution in [0.1, 0.15) is 5.69 Å². The van der Waals surface area contributed by atoms with Gasteiger partial charge < -0.3 is 9.73 Å². The Hall–Kier alpha value is -3.19. The standard InChI is InChI=1S/C18H14N4O2S/c23-17(11-14-12-25-18(21-14)16-6-2-9-24-16)20-13-4-1-5-15(10-13)22-8-3-7-19-22/h1-10,12H,11H2,(H,20,23). The van der Waals surface area contributed by atoms with Gasteiger partial charge in [0.15, 0.2) is 10.8 Å². The smallest absolute Gasteiger partial charge is 0.230 e. The Morgan fingerprint density at radius 1 is 1.24 bits per heavy atom. The number of hydrogen-bond acceptors (Lipinski definition) is 5. The highest BCUT2D eigenvalue weighted by molar-refractivity contribution is 7.13. The van der Waals surface area contributed by atoms with Crippen LogP contribution in [0.4, 0.5) is 5.69 Å². The number of thiazole rings is 1. The molecule has 25 heavy (non-hydrogen) atoms. The Morgan fingerprint density at radius 2 is 2.20 bits per heavy atom. The number of carbonyl (C=O) groups is 1. The minimum absolute atomic E-state index is 0.117. The number of rotatable bonds is 5. The molecule has 4 rings (SSSR count). The number of furan rings is 1. The van der Waals surface area contributed by atoms with Crippen LogP contribution in [0.3, 0.4) is 0 Å². The average molecular weight is 350 g/mol. The number of carbonyl (C=O) groups excluding carboxylic acids is 1. The molecule has 0 aliphatic heterocycles. The Kier molecular flexibility index (Phi) is 4.14. The van der Waals surface area contributed by atoms with Gasteiger partial charge in [-0.05, 0) is 36.4 Å². The molecule has 0 saturated carbocycles. The van der Waals surface area contributed by atoms with E-state index in [0.29, 0.717) is 5.76 Å². The fourth-order valence-electron chi connectivity index (χ4n) is 2.42. The van der Waals surface area contributed by atoms with Gasteiger partial charge in [-0.25, -0.2) is 9.67 Å². The van der Waals surface area contributed by atoms with Crippen LogP contribution in [-0.2, 0) is 11.2 Å². The molecule has 3 heterocycles. The maximum atomic E-state index is 12.3. The van der Waals surface area contributed by atoms with E-state index in [1.807, 2.05) is 54.0 Å². The van der Waals surface area contributed by atoms with E-state index < -0.39 is 0 Å². The van der Waals surface area contributed by atoms with Crippen molar-refractivity contribution in [3.8, 4) is 16.5 Å². The van der Waals surface area contributed by atoms with Crippen LogP contribution in [0.15, 0.2) is 70.9 Å². The molecule has 0 atom stereocenters. The van der Waals surface area contributed by atoms with Crippen LogP contribution in [0.25, 0.3) is 16.5 Å². The summed E-state index contributed by atoms with van der Waals surface area (Å²) < 4.78 is 7.06. The minimum atomic E-state index is -0.117. The molecule has 0 aliphatic carbocycles. The normalized spacial score (nSPS) is 10.7. The van der Waals surface area contributed by atoms with Crippen LogP contribution in [-0.4, -0.2) is 20.7 Å². The Labute approximate surface area is 147 Å². The van der Waals surface area contributed by atoms with Gasteiger partial charge in [0.05, 0.1) is 24.1 Å². The number of hydrogen-bond donors (Lipinski definition) is 1. The van der Waals surface area contributed by atoms with Gasteiger partial charge in [0.1, 0.15) is 0 Å².